The molecule has 6 aromatic rings. The van der Waals surface area contributed by atoms with E-state index in [-0.39, 0.29) is 11.5 Å². The average Bonchev–Trinajstić information content (AvgIpc) is 3.54. The van der Waals surface area contributed by atoms with E-state index in [0.29, 0.717) is 22.6 Å². The zero-order valence-electron chi connectivity index (χ0n) is 20.5. The first-order valence-electron chi connectivity index (χ1n) is 11.8. The van der Waals surface area contributed by atoms with Gasteiger partial charge < -0.3 is 10.2 Å². The van der Waals surface area contributed by atoms with Crippen molar-refractivity contribution in [3.8, 4) is 22.6 Å². The van der Waals surface area contributed by atoms with Crippen LogP contribution in [-0.4, -0.2) is 30.6 Å². The first kappa shape index (κ1) is 25.1. The number of benzene rings is 4. The van der Waals surface area contributed by atoms with Crippen molar-refractivity contribution in [1.82, 2.24) is 20.4 Å². The molecule has 0 amide bonds. The molecule has 2 N–H and O–H groups in total. The molecule has 0 aliphatic heterocycles. The second kappa shape index (κ2) is 10.5. The van der Waals surface area contributed by atoms with Crippen molar-refractivity contribution >= 4 is 67.7 Å². The Morgan fingerprint density at radius 2 is 1.05 bits per heavy atom. The molecule has 4 aromatic carbocycles. The van der Waals surface area contributed by atoms with Crippen LogP contribution in [0.3, 0.4) is 0 Å². The van der Waals surface area contributed by atoms with Crippen LogP contribution in [0.2, 0.25) is 0 Å². The molecule has 38 heavy (non-hydrogen) atoms. The summed E-state index contributed by atoms with van der Waals surface area (Å²) in [6.07, 6.45) is 0. The van der Waals surface area contributed by atoms with E-state index in [1.54, 1.807) is 23.5 Å². The molecule has 0 radical (unpaired) electrons. The number of nitrogens with zero attached hydrogens (tertiary/aromatic N) is 4. The van der Waals surface area contributed by atoms with Gasteiger partial charge in [-0.3, -0.25) is 0 Å². The Kier molecular flexibility index (Phi) is 6.96. The van der Waals surface area contributed by atoms with Crippen LogP contribution in [0.1, 0.15) is 21.1 Å². The summed E-state index contributed by atoms with van der Waals surface area (Å²) >= 11 is 6.17. The van der Waals surface area contributed by atoms with E-state index in [0.717, 1.165) is 51.4 Å². The van der Waals surface area contributed by atoms with E-state index in [9.17, 15) is 10.2 Å². The Hall–Kier alpha value is -3.18. The number of aryl methyl sites for hydroxylation is 2. The smallest absolute Gasteiger partial charge is 0.174 e. The number of hydrogen-bond donors (Lipinski definition) is 2. The number of phenols is 2. The molecular formula is C28H22N4O2S4. The third-order valence-electron chi connectivity index (χ3n) is 6.17. The average molecular weight is 575 g/mol. The van der Waals surface area contributed by atoms with Crippen molar-refractivity contribution < 1.29 is 10.2 Å². The summed E-state index contributed by atoms with van der Waals surface area (Å²) in [7, 11) is 0. The van der Waals surface area contributed by atoms with Gasteiger partial charge in [0.2, 0.25) is 0 Å². The molecule has 0 fully saturated rings. The minimum atomic E-state index is 0.169. The fourth-order valence-corrected chi connectivity index (χ4v) is 8.04. The highest BCUT2D eigenvalue weighted by Gasteiger charge is 2.22. The zero-order valence-corrected chi connectivity index (χ0v) is 23.8. The van der Waals surface area contributed by atoms with Crippen LogP contribution in [-0.2, 0) is 11.5 Å². The maximum Gasteiger partial charge on any atom is 0.174 e. The number of rotatable bonds is 7. The van der Waals surface area contributed by atoms with Crippen LogP contribution < -0.4 is 0 Å². The van der Waals surface area contributed by atoms with Gasteiger partial charge in [0, 0.05) is 33.8 Å². The highest BCUT2D eigenvalue weighted by molar-refractivity contribution is 8.00. The summed E-state index contributed by atoms with van der Waals surface area (Å²) in [6.45, 7) is 3.86. The molecule has 2 heterocycles. The molecule has 0 saturated carbocycles. The van der Waals surface area contributed by atoms with Gasteiger partial charge in [0.1, 0.15) is 21.5 Å². The van der Waals surface area contributed by atoms with Crippen molar-refractivity contribution in [2.24, 2.45) is 0 Å². The molecule has 10 heteroatoms. The molecular weight excluding hydrogens is 553 g/mol. The SMILES string of the molecule is Cc1nnc(SCc2cc3ccccc3c(-c3c(O)c(CSc4nnc(C)s4)cc4ccccc34)c2O)s1. The standard InChI is InChI=1S/C28H22N4O2S4/c1-15-29-31-27(37-15)35-13-19-11-17-7-3-5-9-21(17)23(25(19)33)24-22-10-6-4-8-18(22)12-20(26(24)34)14-36-28-32-30-16(2)38-28/h3-12,33-34H,13-14H2,1-2H3. The second-order valence-corrected chi connectivity index (χ2v) is 13.5. The molecule has 190 valence electrons. The molecule has 0 bridgehead atoms. The van der Waals surface area contributed by atoms with Gasteiger partial charge in [-0.05, 0) is 47.5 Å². The Labute approximate surface area is 235 Å². The highest BCUT2D eigenvalue weighted by atomic mass is 32.2. The molecule has 0 unspecified atom stereocenters. The van der Waals surface area contributed by atoms with E-state index < -0.39 is 0 Å². The van der Waals surface area contributed by atoms with Gasteiger partial charge in [-0.15, -0.1) is 20.4 Å². The molecule has 0 saturated heterocycles. The normalized spacial score (nSPS) is 11.5. The minimum absolute atomic E-state index is 0.169. The molecule has 0 spiro atoms. The van der Waals surface area contributed by atoms with Crippen LogP contribution in [0.5, 0.6) is 11.5 Å². The van der Waals surface area contributed by atoms with Crippen LogP contribution >= 0.6 is 46.2 Å². The largest absolute Gasteiger partial charge is 0.507 e. The molecule has 6 nitrogen and oxygen atoms in total. The van der Waals surface area contributed by atoms with Crippen LogP contribution in [0.25, 0.3) is 32.7 Å². The Bertz CT molecular complexity index is 1670. The molecule has 0 aliphatic carbocycles. The van der Waals surface area contributed by atoms with Crippen LogP contribution in [0.15, 0.2) is 69.3 Å². The van der Waals surface area contributed by atoms with Crippen LogP contribution in [0.4, 0.5) is 0 Å². The van der Waals surface area contributed by atoms with Gasteiger partial charge in [-0.2, -0.15) is 0 Å². The summed E-state index contributed by atoms with van der Waals surface area (Å²) in [4.78, 5) is 0. The predicted molar refractivity (Wildman–Crippen MR) is 159 cm³/mol. The second-order valence-electron chi connectivity index (χ2n) is 8.71. The quantitative estimate of drug-likeness (QED) is 0.185. The molecule has 0 atom stereocenters. The van der Waals surface area contributed by atoms with E-state index in [2.05, 4.69) is 20.4 Å². The third-order valence-corrected chi connectivity index (χ3v) is 10.2. The van der Waals surface area contributed by atoms with Crippen molar-refractivity contribution in [3.63, 3.8) is 0 Å². The summed E-state index contributed by atoms with van der Waals surface area (Å²) in [5, 5.41) is 45.7. The van der Waals surface area contributed by atoms with Crippen molar-refractivity contribution in [1.29, 1.82) is 0 Å². The lowest BCUT2D eigenvalue weighted by Gasteiger charge is -2.19. The lowest BCUT2D eigenvalue weighted by molar-refractivity contribution is 0.465. The van der Waals surface area contributed by atoms with Gasteiger partial charge in [0.05, 0.1) is 0 Å². The van der Waals surface area contributed by atoms with E-state index in [1.165, 1.54) is 22.7 Å². The summed E-state index contributed by atoms with van der Waals surface area (Å²) in [5.41, 5.74) is 2.84. The van der Waals surface area contributed by atoms with Gasteiger partial charge in [-0.1, -0.05) is 94.7 Å². The van der Waals surface area contributed by atoms with Gasteiger partial charge in [0.25, 0.3) is 0 Å². The number of aromatic hydroxyl groups is 2. The number of fused-ring (bicyclic) bond motifs is 2. The fourth-order valence-electron chi connectivity index (χ4n) is 4.47. The summed E-state index contributed by atoms with van der Waals surface area (Å²) in [5.74, 6) is 1.40. The molecule has 2 aromatic heterocycles. The lowest BCUT2D eigenvalue weighted by atomic mass is 9.89. The topological polar surface area (TPSA) is 92.0 Å². The minimum Gasteiger partial charge on any atom is -0.507 e. The third kappa shape index (κ3) is 4.84. The van der Waals surface area contributed by atoms with Crippen molar-refractivity contribution in [2.45, 2.75) is 34.0 Å². The molecule has 6 rings (SSSR count). The Morgan fingerprint density at radius 1 is 0.632 bits per heavy atom. The summed E-state index contributed by atoms with van der Waals surface area (Å²) < 4.78 is 1.71. The van der Waals surface area contributed by atoms with E-state index >= 15 is 0 Å². The zero-order chi connectivity index (χ0) is 26.2. The van der Waals surface area contributed by atoms with Gasteiger partial charge >= 0.3 is 0 Å². The first-order chi connectivity index (χ1) is 18.5. The van der Waals surface area contributed by atoms with Gasteiger partial charge in [-0.25, -0.2) is 0 Å². The Morgan fingerprint density at radius 3 is 1.45 bits per heavy atom. The van der Waals surface area contributed by atoms with E-state index in [4.69, 9.17) is 0 Å². The fraction of sp³-hybridized carbons (Fsp3) is 0.143. The number of hydrogen-bond acceptors (Lipinski definition) is 10. The van der Waals surface area contributed by atoms with E-state index in [1.807, 2.05) is 74.5 Å². The summed E-state index contributed by atoms with van der Waals surface area (Å²) in [6, 6.07) is 20.0. The number of thioether (sulfide) groups is 2. The first-order valence-corrected chi connectivity index (χ1v) is 15.4. The highest BCUT2D eigenvalue weighted by Crippen LogP contribution is 2.49. The van der Waals surface area contributed by atoms with Gasteiger partial charge in [0.15, 0.2) is 8.68 Å². The lowest BCUT2D eigenvalue weighted by Crippen LogP contribution is -1.94. The number of phenolic OH excluding ortho intramolecular Hbond substituents is 2. The maximum atomic E-state index is 11.7. The van der Waals surface area contributed by atoms with Crippen molar-refractivity contribution in [2.75, 3.05) is 0 Å². The van der Waals surface area contributed by atoms with Crippen molar-refractivity contribution in [3.05, 3.63) is 81.8 Å². The number of aromatic nitrogens is 4. The van der Waals surface area contributed by atoms with Crippen LogP contribution in [0, 0.1) is 13.8 Å². The monoisotopic (exact) mass is 574 g/mol. The predicted octanol–water partition coefficient (Wildman–Crippen LogP) is 7.98. The maximum absolute atomic E-state index is 11.7. The molecule has 0 aliphatic rings. The Balaban J connectivity index is 1.52.